The van der Waals surface area contributed by atoms with Gasteiger partial charge in [-0.25, -0.2) is 0 Å². The molecule has 1 aliphatic carbocycles. The predicted octanol–water partition coefficient (Wildman–Crippen LogP) is 4.17. The summed E-state index contributed by atoms with van der Waals surface area (Å²) in [5.74, 6) is 2.21. The summed E-state index contributed by atoms with van der Waals surface area (Å²) in [5.41, 5.74) is 0.993. The molecule has 1 fully saturated rings. The zero-order chi connectivity index (χ0) is 12.1. The molecule has 2 unspecified atom stereocenters. The van der Waals surface area contributed by atoms with Gasteiger partial charge in [0, 0.05) is 18.0 Å². The predicted molar refractivity (Wildman–Crippen MR) is 70.5 cm³/mol. The lowest BCUT2D eigenvalue weighted by Gasteiger charge is -2.29. The molecular weight excluding hydrogens is 234 g/mol. The van der Waals surface area contributed by atoms with Gasteiger partial charge in [0.2, 0.25) is 0 Å². The van der Waals surface area contributed by atoms with Crippen LogP contribution in [0.1, 0.15) is 44.6 Å². The number of halogens is 1. The number of pyridine rings is 1. The number of hydrogen-bond donors (Lipinski definition) is 0. The highest BCUT2D eigenvalue weighted by Gasteiger charge is 2.22. The number of ether oxygens (including phenoxy) is 1. The summed E-state index contributed by atoms with van der Waals surface area (Å²) >= 11 is 5.89. The lowest BCUT2D eigenvalue weighted by Crippen LogP contribution is -2.25. The van der Waals surface area contributed by atoms with E-state index in [-0.39, 0.29) is 0 Å². The van der Waals surface area contributed by atoms with Crippen molar-refractivity contribution in [1.29, 1.82) is 0 Å². The molecule has 1 aromatic rings. The molecule has 2 atom stereocenters. The first-order chi connectivity index (χ1) is 8.33. The number of hydrogen-bond acceptors (Lipinski definition) is 2. The minimum absolute atomic E-state index is 0.359. The van der Waals surface area contributed by atoms with Gasteiger partial charge in [0.1, 0.15) is 5.75 Å². The lowest BCUT2D eigenvalue weighted by atomic mass is 9.85. The second-order valence-electron chi connectivity index (χ2n) is 4.80. The molecular formula is C14H20ClNO. The minimum Gasteiger partial charge on any atom is -0.490 e. The van der Waals surface area contributed by atoms with E-state index < -0.39 is 0 Å². The third-order valence-corrected chi connectivity index (χ3v) is 3.90. The largest absolute Gasteiger partial charge is 0.490 e. The third kappa shape index (κ3) is 3.35. The summed E-state index contributed by atoms with van der Waals surface area (Å²) < 4.78 is 6.08. The molecule has 0 aliphatic heterocycles. The molecule has 0 aromatic carbocycles. The Morgan fingerprint density at radius 1 is 1.47 bits per heavy atom. The van der Waals surface area contributed by atoms with Gasteiger partial charge in [0.25, 0.3) is 0 Å². The van der Waals surface area contributed by atoms with Crippen LogP contribution in [0, 0.1) is 5.92 Å². The maximum atomic E-state index is 6.08. The van der Waals surface area contributed by atoms with Crippen LogP contribution in [0.4, 0.5) is 0 Å². The fraction of sp³-hybridized carbons (Fsp3) is 0.643. The van der Waals surface area contributed by atoms with Gasteiger partial charge in [-0.2, -0.15) is 0 Å². The summed E-state index contributed by atoms with van der Waals surface area (Å²) in [6.45, 7) is 2.27. The normalized spacial score (nSPS) is 24.6. The van der Waals surface area contributed by atoms with E-state index in [0.29, 0.717) is 12.0 Å². The van der Waals surface area contributed by atoms with Gasteiger partial charge in [0.05, 0.1) is 12.0 Å². The molecule has 94 valence electrons. The zero-order valence-electron chi connectivity index (χ0n) is 10.4. The average molecular weight is 254 g/mol. The molecule has 1 saturated carbocycles. The standard InChI is InChI=1S/C14H20ClNO/c1-2-11-4-3-5-13(8-11)17-14-6-7-16-10-12(14)9-15/h6-7,10-11,13H,2-5,8-9H2,1H3. The van der Waals surface area contributed by atoms with Gasteiger partial charge in [-0.3, -0.25) is 4.98 Å². The first-order valence-corrected chi connectivity index (χ1v) is 7.02. The fourth-order valence-corrected chi connectivity index (χ4v) is 2.73. The van der Waals surface area contributed by atoms with Gasteiger partial charge in [-0.15, -0.1) is 11.6 Å². The highest BCUT2D eigenvalue weighted by Crippen LogP contribution is 2.30. The minimum atomic E-state index is 0.359. The van der Waals surface area contributed by atoms with Crippen LogP contribution in [-0.4, -0.2) is 11.1 Å². The van der Waals surface area contributed by atoms with Crippen molar-refractivity contribution in [3.63, 3.8) is 0 Å². The van der Waals surface area contributed by atoms with Crippen molar-refractivity contribution in [2.24, 2.45) is 5.92 Å². The molecule has 0 spiro atoms. The van der Waals surface area contributed by atoms with E-state index in [4.69, 9.17) is 16.3 Å². The summed E-state index contributed by atoms with van der Waals surface area (Å²) in [4.78, 5) is 4.08. The highest BCUT2D eigenvalue weighted by atomic mass is 35.5. The van der Waals surface area contributed by atoms with Crippen LogP contribution in [0.15, 0.2) is 18.5 Å². The molecule has 1 aromatic heterocycles. The van der Waals surface area contributed by atoms with Gasteiger partial charge in [0.15, 0.2) is 0 Å². The second kappa shape index (κ2) is 6.25. The Balaban J connectivity index is 2.00. The van der Waals surface area contributed by atoms with Gasteiger partial charge < -0.3 is 4.74 Å². The van der Waals surface area contributed by atoms with E-state index >= 15 is 0 Å². The summed E-state index contributed by atoms with van der Waals surface area (Å²) in [5, 5.41) is 0. The summed E-state index contributed by atoms with van der Waals surface area (Å²) in [6, 6.07) is 1.92. The first kappa shape index (κ1) is 12.7. The molecule has 3 heteroatoms. The topological polar surface area (TPSA) is 22.1 Å². The molecule has 1 aliphatic rings. The maximum Gasteiger partial charge on any atom is 0.127 e. The number of rotatable bonds is 4. The van der Waals surface area contributed by atoms with E-state index in [1.807, 2.05) is 6.07 Å². The Bertz CT molecular complexity index is 356. The van der Waals surface area contributed by atoms with Crippen molar-refractivity contribution in [2.75, 3.05) is 0 Å². The van der Waals surface area contributed by atoms with Crippen LogP contribution >= 0.6 is 11.6 Å². The van der Waals surface area contributed by atoms with Gasteiger partial charge in [-0.1, -0.05) is 19.8 Å². The van der Waals surface area contributed by atoms with Crippen LogP contribution < -0.4 is 4.74 Å². The van der Waals surface area contributed by atoms with Crippen molar-refractivity contribution in [1.82, 2.24) is 4.98 Å². The van der Waals surface area contributed by atoms with Crippen LogP contribution in [0.25, 0.3) is 0 Å². The van der Waals surface area contributed by atoms with E-state index in [1.54, 1.807) is 12.4 Å². The molecule has 2 rings (SSSR count). The molecule has 2 nitrogen and oxygen atoms in total. The van der Waals surface area contributed by atoms with E-state index in [2.05, 4.69) is 11.9 Å². The van der Waals surface area contributed by atoms with Crippen LogP contribution in [0.3, 0.4) is 0 Å². The van der Waals surface area contributed by atoms with Crippen molar-refractivity contribution >= 4 is 11.6 Å². The van der Waals surface area contributed by atoms with Crippen LogP contribution in [0.2, 0.25) is 0 Å². The maximum absolute atomic E-state index is 6.08. The SMILES string of the molecule is CCC1CCCC(Oc2ccncc2CCl)C1. The first-order valence-electron chi connectivity index (χ1n) is 6.49. The lowest BCUT2D eigenvalue weighted by molar-refractivity contribution is 0.121. The van der Waals surface area contributed by atoms with Gasteiger partial charge in [-0.05, 0) is 31.2 Å². The molecule has 1 heterocycles. The molecule has 0 N–H and O–H groups in total. The average Bonchev–Trinajstić information content (AvgIpc) is 2.39. The highest BCUT2D eigenvalue weighted by molar-refractivity contribution is 6.17. The van der Waals surface area contributed by atoms with Crippen molar-refractivity contribution in [3.8, 4) is 5.75 Å². The second-order valence-corrected chi connectivity index (χ2v) is 5.07. The Morgan fingerprint density at radius 2 is 2.35 bits per heavy atom. The number of nitrogens with zero attached hydrogens (tertiary/aromatic N) is 1. The molecule has 0 bridgehead atoms. The smallest absolute Gasteiger partial charge is 0.127 e. The van der Waals surface area contributed by atoms with Crippen molar-refractivity contribution < 1.29 is 4.74 Å². The van der Waals surface area contributed by atoms with Crippen molar-refractivity contribution in [3.05, 3.63) is 24.0 Å². The van der Waals surface area contributed by atoms with E-state index in [0.717, 1.165) is 17.2 Å². The number of aromatic nitrogens is 1. The van der Waals surface area contributed by atoms with Crippen LogP contribution in [-0.2, 0) is 5.88 Å². The fourth-order valence-electron chi connectivity index (χ4n) is 2.53. The Morgan fingerprint density at radius 3 is 3.12 bits per heavy atom. The Labute approximate surface area is 108 Å². The molecule has 17 heavy (non-hydrogen) atoms. The Kier molecular flexibility index (Phi) is 4.66. The van der Waals surface area contributed by atoms with Crippen molar-refractivity contribution in [2.45, 2.75) is 51.0 Å². The zero-order valence-corrected chi connectivity index (χ0v) is 11.1. The molecule has 0 saturated heterocycles. The molecule has 0 radical (unpaired) electrons. The van der Waals surface area contributed by atoms with Crippen LogP contribution in [0.5, 0.6) is 5.75 Å². The summed E-state index contributed by atoms with van der Waals surface area (Å²) in [7, 11) is 0. The van der Waals surface area contributed by atoms with E-state index in [1.165, 1.54) is 32.1 Å². The Hall–Kier alpha value is -0.760. The summed E-state index contributed by atoms with van der Waals surface area (Å²) in [6.07, 6.45) is 10.2. The molecule has 0 amide bonds. The van der Waals surface area contributed by atoms with E-state index in [9.17, 15) is 0 Å². The third-order valence-electron chi connectivity index (χ3n) is 3.61. The van der Waals surface area contributed by atoms with Gasteiger partial charge >= 0.3 is 0 Å². The quantitative estimate of drug-likeness (QED) is 0.752. The number of alkyl halides is 1. The monoisotopic (exact) mass is 253 g/mol.